The maximum absolute atomic E-state index is 10.7. The number of rotatable bonds is 4. The molecule has 0 aliphatic heterocycles. The Bertz CT molecular complexity index is 735. The maximum atomic E-state index is 10.7. The fourth-order valence-electron chi connectivity index (χ4n) is 1.72. The summed E-state index contributed by atoms with van der Waals surface area (Å²) in [6.07, 6.45) is 3.43. The quantitative estimate of drug-likeness (QED) is 0.696. The number of carbonyl (C=O) groups is 1. The Labute approximate surface area is 131 Å². The van der Waals surface area contributed by atoms with E-state index in [-0.39, 0.29) is 4.90 Å². The number of nitrogens with two attached hydrogens (primary N) is 1. The SMILES string of the molecule is C=CCc1ccccc1C=O.Cc1ccc(S(N)(=O)=O)cc1. The summed E-state index contributed by atoms with van der Waals surface area (Å²) in [7, 11) is -3.52. The fraction of sp³-hybridized carbons (Fsp3) is 0.118. The van der Waals surface area contributed by atoms with Crippen LogP contribution in [-0.2, 0) is 16.4 Å². The Morgan fingerprint density at radius 3 is 2.18 bits per heavy atom. The van der Waals surface area contributed by atoms with Crippen molar-refractivity contribution in [1.29, 1.82) is 0 Å². The van der Waals surface area contributed by atoms with Crippen molar-refractivity contribution in [2.24, 2.45) is 5.14 Å². The van der Waals surface area contributed by atoms with Gasteiger partial charge in [-0.05, 0) is 31.0 Å². The highest BCUT2D eigenvalue weighted by atomic mass is 32.2. The summed E-state index contributed by atoms with van der Waals surface area (Å²) in [6, 6.07) is 13.9. The number of hydrogen-bond acceptors (Lipinski definition) is 3. The Morgan fingerprint density at radius 2 is 1.68 bits per heavy atom. The van der Waals surface area contributed by atoms with E-state index in [2.05, 4.69) is 6.58 Å². The highest BCUT2D eigenvalue weighted by Crippen LogP contribution is 2.07. The predicted molar refractivity (Wildman–Crippen MR) is 88.3 cm³/mol. The maximum Gasteiger partial charge on any atom is 0.238 e. The number of primary sulfonamides is 1. The molecule has 0 fully saturated rings. The van der Waals surface area contributed by atoms with Crippen molar-refractivity contribution in [2.45, 2.75) is 18.2 Å². The van der Waals surface area contributed by atoms with Crippen LogP contribution in [0.4, 0.5) is 0 Å². The van der Waals surface area contributed by atoms with Crippen LogP contribution in [-0.4, -0.2) is 14.7 Å². The standard InChI is InChI=1S/C10H10O.C7H9NO2S/c1-2-5-9-6-3-4-7-10(9)8-11;1-6-2-4-7(5-3-6)11(8,9)10/h2-4,6-8H,1,5H2;2-5H,1H3,(H2,8,9,10). The van der Waals surface area contributed by atoms with Crippen molar-refractivity contribution in [3.05, 3.63) is 77.9 Å². The fourth-order valence-corrected chi connectivity index (χ4v) is 2.23. The van der Waals surface area contributed by atoms with Gasteiger partial charge in [0.25, 0.3) is 0 Å². The van der Waals surface area contributed by atoms with Gasteiger partial charge in [-0.1, -0.05) is 48.0 Å². The van der Waals surface area contributed by atoms with Gasteiger partial charge in [0.05, 0.1) is 4.90 Å². The van der Waals surface area contributed by atoms with Crippen molar-refractivity contribution < 1.29 is 13.2 Å². The molecule has 2 aromatic carbocycles. The molecule has 0 amide bonds. The van der Waals surface area contributed by atoms with Crippen LogP contribution in [0.3, 0.4) is 0 Å². The number of aryl methyl sites for hydroxylation is 1. The van der Waals surface area contributed by atoms with Crippen LogP contribution in [0.15, 0.2) is 66.1 Å². The van der Waals surface area contributed by atoms with E-state index in [1.165, 1.54) is 12.1 Å². The van der Waals surface area contributed by atoms with Gasteiger partial charge in [0.15, 0.2) is 0 Å². The molecular formula is C17H19NO3S. The van der Waals surface area contributed by atoms with Gasteiger partial charge in [-0.3, -0.25) is 4.79 Å². The molecule has 0 heterocycles. The number of aldehydes is 1. The molecule has 5 heteroatoms. The highest BCUT2D eigenvalue weighted by molar-refractivity contribution is 7.89. The summed E-state index contributed by atoms with van der Waals surface area (Å²) in [6.45, 7) is 5.50. The van der Waals surface area contributed by atoms with Crippen molar-refractivity contribution in [3.63, 3.8) is 0 Å². The van der Waals surface area contributed by atoms with Gasteiger partial charge in [0.1, 0.15) is 6.29 Å². The molecule has 2 N–H and O–H groups in total. The lowest BCUT2D eigenvalue weighted by Gasteiger charge is -1.98. The van der Waals surface area contributed by atoms with Gasteiger partial charge < -0.3 is 0 Å². The van der Waals surface area contributed by atoms with E-state index in [1.54, 1.807) is 18.2 Å². The Morgan fingerprint density at radius 1 is 1.09 bits per heavy atom. The van der Waals surface area contributed by atoms with Gasteiger partial charge in [-0.2, -0.15) is 0 Å². The van der Waals surface area contributed by atoms with E-state index >= 15 is 0 Å². The second-order valence-corrected chi connectivity index (χ2v) is 6.23. The Hall–Kier alpha value is -2.24. The molecule has 0 saturated heterocycles. The van der Waals surface area contributed by atoms with Crippen molar-refractivity contribution in [1.82, 2.24) is 0 Å². The summed E-state index contributed by atoms with van der Waals surface area (Å²) in [4.78, 5) is 10.6. The molecule has 0 radical (unpaired) electrons. The molecule has 0 aliphatic carbocycles. The van der Waals surface area contributed by atoms with Crippen molar-refractivity contribution in [2.75, 3.05) is 0 Å². The van der Waals surface area contributed by atoms with Gasteiger partial charge in [0, 0.05) is 5.56 Å². The molecule has 0 aliphatic rings. The second kappa shape index (κ2) is 8.26. The normalized spacial score (nSPS) is 10.3. The van der Waals surface area contributed by atoms with Crippen LogP contribution in [0.2, 0.25) is 0 Å². The summed E-state index contributed by atoms with van der Waals surface area (Å²) in [5.41, 5.74) is 2.81. The van der Waals surface area contributed by atoms with Crippen LogP contribution in [0.1, 0.15) is 21.5 Å². The van der Waals surface area contributed by atoms with E-state index in [0.717, 1.165) is 29.4 Å². The monoisotopic (exact) mass is 317 g/mol. The molecule has 2 aromatic rings. The molecule has 4 nitrogen and oxygen atoms in total. The minimum Gasteiger partial charge on any atom is -0.298 e. The smallest absolute Gasteiger partial charge is 0.238 e. The molecule has 116 valence electrons. The Balaban J connectivity index is 0.000000220. The molecule has 0 unspecified atom stereocenters. The lowest BCUT2D eigenvalue weighted by Crippen LogP contribution is -2.11. The zero-order valence-corrected chi connectivity index (χ0v) is 13.2. The van der Waals surface area contributed by atoms with Crippen molar-refractivity contribution in [3.8, 4) is 0 Å². The summed E-state index contributed by atoms with van der Waals surface area (Å²) in [5, 5.41) is 4.88. The van der Waals surface area contributed by atoms with Crippen molar-refractivity contribution >= 4 is 16.3 Å². The average Bonchev–Trinajstić information content (AvgIpc) is 2.48. The van der Waals surface area contributed by atoms with Crippen LogP contribution < -0.4 is 5.14 Å². The first-order chi connectivity index (χ1) is 10.4. The van der Waals surface area contributed by atoms with Crippen LogP contribution >= 0.6 is 0 Å². The minimum absolute atomic E-state index is 0.156. The number of hydrogen-bond donors (Lipinski definition) is 1. The predicted octanol–water partition coefficient (Wildman–Crippen LogP) is 2.87. The lowest BCUT2D eigenvalue weighted by atomic mass is 10.1. The molecule has 0 aromatic heterocycles. The lowest BCUT2D eigenvalue weighted by molar-refractivity contribution is 0.112. The first-order valence-electron chi connectivity index (χ1n) is 6.62. The molecule has 0 bridgehead atoms. The van der Waals surface area contributed by atoms with Gasteiger partial charge in [-0.15, -0.1) is 6.58 Å². The molecular weight excluding hydrogens is 298 g/mol. The summed E-state index contributed by atoms with van der Waals surface area (Å²) >= 11 is 0. The topological polar surface area (TPSA) is 77.2 Å². The highest BCUT2D eigenvalue weighted by Gasteiger charge is 2.04. The zero-order chi connectivity index (χ0) is 16.6. The number of sulfonamides is 1. The van der Waals surface area contributed by atoms with Gasteiger partial charge in [-0.25, -0.2) is 13.6 Å². The molecule has 22 heavy (non-hydrogen) atoms. The first-order valence-corrected chi connectivity index (χ1v) is 8.16. The van der Waals surface area contributed by atoms with E-state index in [0.29, 0.717) is 0 Å². The van der Waals surface area contributed by atoms with E-state index in [4.69, 9.17) is 5.14 Å². The van der Waals surface area contributed by atoms with Crippen LogP contribution in [0, 0.1) is 6.92 Å². The largest absolute Gasteiger partial charge is 0.298 e. The van der Waals surface area contributed by atoms with E-state index in [9.17, 15) is 13.2 Å². The van der Waals surface area contributed by atoms with Gasteiger partial charge in [0.2, 0.25) is 10.0 Å². The number of allylic oxidation sites excluding steroid dienone is 1. The second-order valence-electron chi connectivity index (χ2n) is 4.67. The third-order valence-electron chi connectivity index (χ3n) is 2.90. The molecule has 0 atom stereocenters. The average molecular weight is 317 g/mol. The summed E-state index contributed by atoms with van der Waals surface area (Å²) in [5.74, 6) is 0. The first kappa shape index (κ1) is 17.8. The van der Waals surface area contributed by atoms with E-state index < -0.39 is 10.0 Å². The van der Waals surface area contributed by atoms with Crippen LogP contribution in [0.5, 0.6) is 0 Å². The number of carbonyl (C=O) groups excluding carboxylic acids is 1. The van der Waals surface area contributed by atoms with E-state index in [1.807, 2.05) is 31.2 Å². The molecule has 0 spiro atoms. The molecule has 2 rings (SSSR count). The third kappa shape index (κ3) is 5.63. The number of benzene rings is 2. The third-order valence-corrected chi connectivity index (χ3v) is 3.83. The summed E-state index contributed by atoms with van der Waals surface area (Å²) < 4.78 is 21.4. The Kier molecular flexibility index (Phi) is 6.69. The minimum atomic E-state index is -3.52. The van der Waals surface area contributed by atoms with Gasteiger partial charge >= 0.3 is 0 Å². The molecule has 0 saturated carbocycles. The zero-order valence-electron chi connectivity index (χ0n) is 12.4. The van der Waals surface area contributed by atoms with Crippen LogP contribution in [0.25, 0.3) is 0 Å².